The molecule has 0 radical (unpaired) electrons. The van der Waals surface area contributed by atoms with Crippen LogP contribution in [0.25, 0.3) is 32.9 Å². The smallest absolute Gasteiger partial charge is 0.274 e. The molecule has 1 amide bonds. The van der Waals surface area contributed by atoms with E-state index < -0.39 is 0 Å². The van der Waals surface area contributed by atoms with Gasteiger partial charge in [0.1, 0.15) is 5.69 Å². The first-order valence-corrected chi connectivity index (χ1v) is 12.2. The SMILES string of the molecule is CC1CN(Cc2cccc(C(=O)Nc3cc(-c4cccc5[nH]ccc45)cc4[nH]ncc34)n2)CC(C)O1. The summed E-state index contributed by atoms with van der Waals surface area (Å²) in [7, 11) is 0. The first-order chi connectivity index (χ1) is 17.5. The number of pyridine rings is 1. The summed E-state index contributed by atoms with van der Waals surface area (Å²) in [5.74, 6) is -0.250. The largest absolute Gasteiger partial charge is 0.373 e. The molecule has 2 atom stereocenters. The second-order valence-corrected chi connectivity index (χ2v) is 9.52. The van der Waals surface area contributed by atoms with E-state index in [2.05, 4.69) is 62.4 Å². The number of nitrogens with one attached hydrogen (secondary N) is 3. The Balaban J connectivity index is 1.28. The molecule has 5 aromatic rings. The molecule has 2 aromatic carbocycles. The van der Waals surface area contributed by atoms with Gasteiger partial charge in [-0.2, -0.15) is 5.10 Å². The fraction of sp³-hybridized carbons (Fsp3) is 0.250. The first kappa shape index (κ1) is 22.5. The molecule has 2 unspecified atom stereocenters. The van der Waals surface area contributed by atoms with Crippen molar-refractivity contribution in [2.75, 3.05) is 18.4 Å². The van der Waals surface area contributed by atoms with E-state index in [0.29, 0.717) is 17.9 Å². The maximum absolute atomic E-state index is 13.3. The van der Waals surface area contributed by atoms with Crippen LogP contribution in [0.2, 0.25) is 0 Å². The summed E-state index contributed by atoms with van der Waals surface area (Å²) in [5, 5.41) is 12.3. The summed E-state index contributed by atoms with van der Waals surface area (Å²) < 4.78 is 5.84. The Morgan fingerprint density at radius 2 is 1.89 bits per heavy atom. The van der Waals surface area contributed by atoms with Gasteiger partial charge in [-0.1, -0.05) is 18.2 Å². The Labute approximate surface area is 208 Å². The fourth-order valence-electron chi connectivity index (χ4n) is 5.17. The quantitative estimate of drug-likeness (QED) is 0.330. The number of anilines is 1. The molecule has 6 rings (SSSR count). The molecule has 4 heterocycles. The van der Waals surface area contributed by atoms with Crippen molar-refractivity contribution in [2.24, 2.45) is 0 Å². The molecule has 0 spiro atoms. The summed E-state index contributed by atoms with van der Waals surface area (Å²) in [6, 6.07) is 17.9. The van der Waals surface area contributed by atoms with Gasteiger partial charge in [-0.3, -0.25) is 14.8 Å². The fourth-order valence-corrected chi connectivity index (χ4v) is 5.17. The van der Waals surface area contributed by atoms with Gasteiger partial charge in [0.15, 0.2) is 0 Å². The number of morpholine rings is 1. The number of nitrogens with zero attached hydrogens (tertiary/aromatic N) is 3. The summed E-state index contributed by atoms with van der Waals surface area (Å²) in [6.07, 6.45) is 4.03. The minimum Gasteiger partial charge on any atom is -0.373 e. The summed E-state index contributed by atoms with van der Waals surface area (Å²) in [4.78, 5) is 23.6. The number of hydrogen-bond acceptors (Lipinski definition) is 5. The van der Waals surface area contributed by atoms with Gasteiger partial charge in [0.2, 0.25) is 0 Å². The Bertz CT molecular complexity index is 1540. The number of aromatic nitrogens is 4. The molecule has 0 saturated carbocycles. The molecule has 1 fully saturated rings. The van der Waals surface area contributed by atoms with Crippen molar-refractivity contribution in [3.8, 4) is 11.1 Å². The van der Waals surface area contributed by atoms with Crippen LogP contribution in [-0.4, -0.2) is 56.3 Å². The van der Waals surface area contributed by atoms with Gasteiger partial charge in [0.05, 0.1) is 35.3 Å². The van der Waals surface area contributed by atoms with E-state index in [0.717, 1.165) is 51.7 Å². The third kappa shape index (κ3) is 4.36. The number of rotatable bonds is 5. The van der Waals surface area contributed by atoms with Crippen LogP contribution in [0.1, 0.15) is 30.0 Å². The molecule has 0 aliphatic carbocycles. The highest BCUT2D eigenvalue weighted by Gasteiger charge is 2.23. The lowest BCUT2D eigenvalue weighted by atomic mass is 9.99. The van der Waals surface area contributed by atoms with Gasteiger partial charge in [0.25, 0.3) is 5.91 Å². The van der Waals surface area contributed by atoms with Crippen LogP contribution in [0.15, 0.2) is 67.0 Å². The molecule has 3 N–H and O–H groups in total. The van der Waals surface area contributed by atoms with E-state index in [-0.39, 0.29) is 18.1 Å². The highest BCUT2D eigenvalue weighted by molar-refractivity contribution is 6.09. The van der Waals surface area contributed by atoms with Gasteiger partial charge in [-0.05, 0) is 61.4 Å². The highest BCUT2D eigenvalue weighted by Crippen LogP contribution is 2.34. The average molecular weight is 481 g/mol. The lowest BCUT2D eigenvalue weighted by Crippen LogP contribution is -2.45. The highest BCUT2D eigenvalue weighted by atomic mass is 16.5. The van der Waals surface area contributed by atoms with E-state index in [1.165, 1.54) is 0 Å². The standard InChI is InChI=1S/C28H28N6O2/c1-17-14-34(15-18(2)36-17)16-20-5-3-8-25(31-20)28(35)32-26-11-19(12-27-23(26)13-30-33-27)21-6-4-7-24-22(21)9-10-29-24/h3-13,17-18,29H,14-16H2,1-2H3,(H,30,33)(H,32,35). The zero-order valence-corrected chi connectivity index (χ0v) is 20.3. The molecular formula is C28H28N6O2. The van der Waals surface area contributed by atoms with Crippen LogP contribution < -0.4 is 5.32 Å². The summed E-state index contributed by atoms with van der Waals surface area (Å²) in [5.41, 5.74) is 5.93. The first-order valence-electron chi connectivity index (χ1n) is 12.2. The molecule has 36 heavy (non-hydrogen) atoms. The lowest BCUT2D eigenvalue weighted by molar-refractivity contribution is -0.0707. The van der Waals surface area contributed by atoms with Gasteiger partial charge in [-0.25, -0.2) is 4.98 Å². The molecule has 1 aliphatic heterocycles. The lowest BCUT2D eigenvalue weighted by Gasteiger charge is -2.35. The van der Waals surface area contributed by atoms with Crippen molar-refractivity contribution >= 4 is 33.4 Å². The molecule has 1 aliphatic rings. The zero-order valence-electron chi connectivity index (χ0n) is 20.3. The van der Waals surface area contributed by atoms with Gasteiger partial charge >= 0.3 is 0 Å². The van der Waals surface area contributed by atoms with E-state index in [4.69, 9.17) is 4.74 Å². The monoisotopic (exact) mass is 480 g/mol. The molecule has 8 nitrogen and oxygen atoms in total. The topological polar surface area (TPSA) is 98.9 Å². The molecule has 8 heteroatoms. The van der Waals surface area contributed by atoms with Crippen LogP contribution in [0, 0.1) is 0 Å². The summed E-state index contributed by atoms with van der Waals surface area (Å²) >= 11 is 0. The molecular weight excluding hydrogens is 452 g/mol. The van der Waals surface area contributed by atoms with Crippen LogP contribution >= 0.6 is 0 Å². The number of carbonyl (C=O) groups excluding carboxylic acids is 1. The number of amides is 1. The maximum Gasteiger partial charge on any atom is 0.274 e. The predicted molar refractivity (Wildman–Crippen MR) is 141 cm³/mol. The normalized spacial score (nSPS) is 18.6. The number of ether oxygens (including phenoxy) is 1. The number of benzene rings is 2. The van der Waals surface area contributed by atoms with Gasteiger partial charge < -0.3 is 15.0 Å². The van der Waals surface area contributed by atoms with Gasteiger partial charge in [-0.15, -0.1) is 0 Å². The maximum atomic E-state index is 13.3. The van der Waals surface area contributed by atoms with Crippen molar-refractivity contribution in [3.63, 3.8) is 0 Å². The van der Waals surface area contributed by atoms with Crippen molar-refractivity contribution in [2.45, 2.75) is 32.6 Å². The minimum atomic E-state index is -0.250. The number of fused-ring (bicyclic) bond motifs is 2. The van der Waals surface area contributed by atoms with E-state index in [9.17, 15) is 4.79 Å². The van der Waals surface area contributed by atoms with E-state index in [1.807, 2.05) is 36.5 Å². The van der Waals surface area contributed by atoms with Crippen molar-refractivity contribution < 1.29 is 9.53 Å². The average Bonchev–Trinajstić information content (AvgIpc) is 3.53. The van der Waals surface area contributed by atoms with Gasteiger partial charge in [0, 0.05) is 42.1 Å². The van der Waals surface area contributed by atoms with E-state index in [1.54, 1.807) is 12.3 Å². The predicted octanol–water partition coefficient (Wildman–Crippen LogP) is 4.97. The van der Waals surface area contributed by atoms with Crippen molar-refractivity contribution in [3.05, 3.63) is 78.4 Å². The van der Waals surface area contributed by atoms with Crippen LogP contribution in [-0.2, 0) is 11.3 Å². The Morgan fingerprint density at radius 3 is 2.75 bits per heavy atom. The van der Waals surface area contributed by atoms with Crippen LogP contribution in [0.3, 0.4) is 0 Å². The second kappa shape index (κ2) is 9.22. The zero-order chi connectivity index (χ0) is 24.6. The minimum absolute atomic E-state index is 0.182. The summed E-state index contributed by atoms with van der Waals surface area (Å²) in [6.45, 7) is 6.55. The second-order valence-electron chi connectivity index (χ2n) is 9.52. The third-order valence-corrected chi connectivity index (χ3v) is 6.63. The number of hydrogen-bond donors (Lipinski definition) is 3. The molecule has 1 saturated heterocycles. The number of aromatic amines is 2. The van der Waals surface area contributed by atoms with Crippen LogP contribution in [0.4, 0.5) is 5.69 Å². The van der Waals surface area contributed by atoms with Crippen LogP contribution in [0.5, 0.6) is 0 Å². The van der Waals surface area contributed by atoms with Crippen molar-refractivity contribution in [1.82, 2.24) is 25.1 Å². The molecule has 0 bridgehead atoms. The Kier molecular flexibility index (Phi) is 5.75. The Morgan fingerprint density at radius 1 is 1.06 bits per heavy atom. The van der Waals surface area contributed by atoms with Crippen molar-refractivity contribution in [1.29, 1.82) is 0 Å². The number of H-pyrrole nitrogens is 2. The molecule has 182 valence electrons. The molecule has 3 aromatic heterocycles. The third-order valence-electron chi connectivity index (χ3n) is 6.63. The number of carbonyl (C=O) groups is 1. The van der Waals surface area contributed by atoms with E-state index >= 15 is 0 Å². The Hall–Kier alpha value is -4.01.